The predicted molar refractivity (Wildman–Crippen MR) is 108 cm³/mol. The van der Waals surface area contributed by atoms with E-state index in [1.165, 1.54) is 0 Å². The fourth-order valence-corrected chi connectivity index (χ4v) is 3.11. The van der Waals surface area contributed by atoms with Crippen LogP contribution in [0.2, 0.25) is 0 Å². The highest BCUT2D eigenvalue weighted by Crippen LogP contribution is 2.15. The van der Waals surface area contributed by atoms with E-state index in [4.69, 9.17) is 9.26 Å². The van der Waals surface area contributed by atoms with E-state index >= 15 is 0 Å². The molecule has 2 N–H and O–H groups in total. The lowest BCUT2D eigenvalue weighted by molar-refractivity contribution is 0.0629. The summed E-state index contributed by atoms with van der Waals surface area (Å²) in [5.41, 5.74) is 1.06. The van der Waals surface area contributed by atoms with Gasteiger partial charge in [-0.05, 0) is 38.1 Å². The Morgan fingerprint density at radius 1 is 1.17 bits per heavy atom. The Kier molecular flexibility index (Phi) is 7.07. The second-order valence-corrected chi connectivity index (χ2v) is 6.79. The maximum absolute atomic E-state index is 12.4. The lowest BCUT2D eigenvalue weighted by Gasteiger charge is -2.34. The lowest BCUT2D eigenvalue weighted by Crippen LogP contribution is -2.50. The molecule has 9 nitrogen and oxygen atoms in total. The van der Waals surface area contributed by atoms with Gasteiger partial charge < -0.3 is 24.8 Å². The summed E-state index contributed by atoms with van der Waals surface area (Å²) in [5, 5.41) is 9.44. The normalized spacial score (nSPS) is 14.5. The number of rotatable bonds is 7. The average molecular weight is 401 g/mol. The zero-order valence-corrected chi connectivity index (χ0v) is 16.8. The van der Waals surface area contributed by atoms with Crippen molar-refractivity contribution in [1.29, 1.82) is 0 Å². The number of nitrogens with zero attached hydrogens (tertiary/aromatic N) is 3. The molecule has 1 aromatic heterocycles. The van der Waals surface area contributed by atoms with E-state index in [1.54, 1.807) is 30.0 Å². The van der Waals surface area contributed by atoms with E-state index in [-0.39, 0.29) is 11.9 Å². The molecule has 156 valence electrons. The Morgan fingerprint density at radius 3 is 2.52 bits per heavy atom. The summed E-state index contributed by atoms with van der Waals surface area (Å²) in [6.07, 6.45) is 0. The first kappa shape index (κ1) is 20.7. The highest BCUT2D eigenvalue weighted by atomic mass is 16.5. The smallest absolute Gasteiger partial charge is 0.319 e. The standard InChI is InChI=1S/C20H27N5O4/c1-3-28-17-6-4-16(5-7-17)22-20(27)21-8-9-24-10-12-25(13-11-24)19(26)18-14-15(2)29-23-18/h4-7,14H,3,8-13H2,1-2H3,(H2,21,22,27). The van der Waals surface area contributed by atoms with Crippen molar-refractivity contribution < 1.29 is 18.8 Å². The number of aryl methyl sites for hydroxylation is 1. The molecule has 1 saturated heterocycles. The van der Waals surface area contributed by atoms with E-state index in [9.17, 15) is 9.59 Å². The molecule has 3 amide bonds. The fourth-order valence-electron chi connectivity index (χ4n) is 3.11. The van der Waals surface area contributed by atoms with Crippen LogP contribution in [0.3, 0.4) is 0 Å². The van der Waals surface area contributed by atoms with Gasteiger partial charge in [-0.3, -0.25) is 9.69 Å². The minimum Gasteiger partial charge on any atom is -0.494 e. The van der Waals surface area contributed by atoms with Gasteiger partial charge >= 0.3 is 6.03 Å². The van der Waals surface area contributed by atoms with Crippen molar-refractivity contribution in [1.82, 2.24) is 20.3 Å². The van der Waals surface area contributed by atoms with Gasteiger partial charge in [-0.15, -0.1) is 0 Å². The molecular formula is C20H27N5O4. The van der Waals surface area contributed by atoms with E-state index < -0.39 is 0 Å². The molecule has 0 radical (unpaired) electrons. The molecule has 0 spiro atoms. The van der Waals surface area contributed by atoms with Gasteiger partial charge in [0.25, 0.3) is 5.91 Å². The fraction of sp³-hybridized carbons (Fsp3) is 0.450. The topological polar surface area (TPSA) is 99.9 Å². The number of hydrogen-bond acceptors (Lipinski definition) is 6. The molecule has 9 heteroatoms. The molecule has 0 bridgehead atoms. The van der Waals surface area contributed by atoms with Crippen LogP contribution in [-0.4, -0.2) is 72.8 Å². The quantitative estimate of drug-likeness (QED) is 0.736. The highest BCUT2D eigenvalue weighted by molar-refractivity contribution is 5.92. The van der Waals surface area contributed by atoms with Crippen molar-refractivity contribution in [2.24, 2.45) is 0 Å². The molecule has 0 atom stereocenters. The van der Waals surface area contributed by atoms with Gasteiger partial charge in [0.2, 0.25) is 0 Å². The Labute approximate surface area is 170 Å². The third-order valence-corrected chi connectivity index (χ3v) is 4.64. The Bertz CT molecular complexity index is 813. The SMILES string of the molecule is CCOc1ccc(NC(=O)NCCN2CCN(C(=O)c3cc(C)on3)CC2)cc1. The second-order valence-electron chi connectivity index (χ2n) is 6.79. The molecule has 1 aliphatic heterocycles. The summed E-state index contributed by atoms with van der Waals surface area (Å²) in [4.78, 5) is 28.4. The molecule has 0 saturated carbocycles. The minimum atomic E-state index is -0.246. The lowest BCUT2D eigenvalue weighted by atomic mass is 10.2. The predicted octanol–water partition coefficient (Wildman–Crippen LogP) is 1.96. The third kappa shape index (κ3) is 5.95. The summed E-state index contributed by atoms with van der Waals surface area (Å²) < 4.78 is 10.4. The first-order valence-corrected chi connectivity index (χ1v) is 9.78. The van der Waals surface area contributed by atoms with Crippen molar-refractivity contribution in [2.45, 2.75) is 13.8 Å². The summed E-state index contributed by atoms with van der Waals surface area (Å²) in [6.45, 7) is 8.31. The Balaban J connectivity index is 1.34. The molecular weight excluding hydrogens is 374 g/mol. The van der Waals surface area contributed by atoms with Crippen molar-refractivity contribution in [3.05, 3.63) is 41.8 Å². The van der Waals surface area contributed by atoms with Gasteiger partial charge in [-0.25, -0.2) is 4.79 Å². The van der Waals surface area contributed by atoms with Crippen LogP contribution in [0.5, 0.6) is 5.75 Å². The number of carbonyl (C=O) groups excluding carboxylic acids is 2. The molecule has 1 aliphatic rings. The van der Waals surface area contributed by atoms with Crippen LogP contribution in [0.25, 0.3) is 0 Å². The molecule has 2 aromatic rings. The van der Waals surface area contributed by atoms with Crippen LogP contribution >= 0.6 is 0 Å². The van der Waals surface area contributed by atoms with Gasteiger partial charge in [-0.1, -0.05) is 5.16 Å². The number of aromatic nitrogens is 1. The zero-order valence-electron chi connectivity index (χ0n) is 16.8. The van der Waals surface area contributed by atoms with Crippen molar-refractivity contribution >= 4 is 17.6 Å². The third-order valence-electron chi connectivity index (χ3n) is 4.64. The number of ether oxygens (including phenoxy) is 1. The molecule has 0 aliphatic carbocycles. The first-order valence-electron chi connectivity index (χ1n) is 9.78. The number of nitrogens with one attached hydrogen (secondary N) is 2. The van der Waals surface area contributed by atoms with Gasteiger partial charge in [0, 0.05) is 51.0 Å². The van der Waals surface area contributed by atoms with Crippen LogP contribution < -0.4 is 15.4 Å². The number of carbonyl (C=O) groups is 2. The Hall–Kier alpha value is -3.07. The van der Waals surface area contributed by atoms with Crippen LogP contribution in [0.15, 0.2) is 34.9 Å². The first-order chi connectivity index (χ1) is 14.0. The van der Waals surface area contributed by atoms with E-state index in [0.717, 1.165) is 25.4 Å². The van der Waals surface area contributed by atoms with Gasteiger partial charge in [0.1, 0.15) is 11.5 Å². The monoisotopic (exact) mass is 401 g/mol. The summed E-state index contributed by atoms with van der Waals surface area (Å²) in [6, 6.07) is 8.65. The molecule has 29 heavy (non-hydrogen) atoms. The minimum absolute atomic E-state index is 0.102. The van der Waals surface area contributed by atoms with E-state index in [0.29, 0.717) is 43.4 Å². The second kappa shape index (κ2) is 9.92. The van der Waals surface area contributed by atoms with Gasteiger partial charge in [0.05, 0.1) is 6.61 Å². The molecule has 0 unspecified atom stereocenters. The summed E-state index contributed by atoms with van der Waals surface area (Å²) in [7, 11) is 0. The number of urea groups is 1. The molecule has 3 rings (SSSR count). The van der Waals surface area contributed by atoms with Crippen LogP contribution in [0, 0.1) is 6.92 Å². The summed E-state index contributed by atoms with van der Waals surface area (Å²) in [5.74, 6) is 1.30. The molecule has 1 fully saturated rings. The average Bonchev–Trinajstić information content (AvgIpc) is 3.16. The van der Waals surface area contributed by atoms with Crippen molar-refractivity contribution in [3.63, 3.8) is 0 Å². The summed E-state index contributed by atoms with van der Waals surface area (Å²) >= 11 is 0. The zero-order chi connectivity index (χ0) is 20.6. The number of piperazine rings is 1. The van der Waals surface area contributed by atoms with E-state index in [1.807, 2.05) is 19.1 Å². The largest absolute Gasteiger partial charge is 0.494 e. The number of amides is 3. The number of hydrogen-bond donors (Lipinski definition) is 2. The highest BCUT2D eigenvalue weighted by Gasteiger charge is 2.24. The van der Waals surface area contributed by atoms with Crippen LogP contribution in [0.4, 0.5) is 10.5 Å². The van der Waals surface area contributed by atoms with Gasteiger partial charge in [0.15, 0.2) is 5.69 Å². The van der Waals surface area contributed by atoms with Gasteiger partial charge in [-0.2, -0.15) is 0 Å². The van der Waals surface area contributed by atoms with E-state index in [2.05, 4.69) is 20.7 Å². The molecule has 2 heterocycles. The Morgan fingerprint density at radius 2 is 1.90 bits per heavy atom. The molecule has 1 aromatic carbocycles. The maximum atomic E-state index is 12.4. The number of benzene rings is 1. The van der Waals surface area contributed by atoms with Crippen molar-refractivity contribution in [2.75, 3.05) is 51.2 Å². The number of anilines is 1. The van der Waals surface area contributed by atoms with Crippen LogP contribution in [-0.2, 0) is 0 Å². The van der Waals surface area contributed by atoms with Crippen LogP contribution in [0.1, 0.15) is 23.2 Å². The maximum Gasteiger partial charge on any atom is 0.319 e. The van der Waals surface area contributed by atoms with Crippen molar-refractivity contribution in [3.8, 4) is 5.75 Å².